The molecular weight excluding hydrogens is 443 g/mol. The number of anilines is 2. The molecule has 0 spiro atoms. The Kier molecular flexibility index (Phi) is 6.18. The predicted molar refractivity (Wildman–Crippen MR) is 125 cm³/mol. The van der Waals surface area contributed by atoms with Gasteiger partial charge in [-0.3, -0.25) is 9.69 Å². The third-order valence-corrected chi connectivity index (χ3v) is 7.59. The van der Waals surface area contributed by atoms with Crippen molar-refractivity contribution in [1.82, 2.24) is 4.90 Å². The molecule has 1 aliphatic carbocycles. The second-order valence-electron chi connectivity index (χ2n) is 9.57. The van der Waals surface area contributed by atoms with Crippen LogP contribution in [0.4, 0.5) is 24.5 Å². The highest BCUT2D eigenvalue weighted by atomic mass is 19.4. The van der Waals surface area contributed by atoms with E-state index in [1.54, 1.807) is 37.4 Å². The third kappa shape index (κ3) is 4.48. The Labute approximate surface area is 197 Å². The zero-order valence-corrected chi connectivity index (χ0v) is 19.3. The first-order valence-corrected chi connectivity index (χ1v) is 12.0. The summed E-state index contributed by atoms with van der Waals surface area (Å²) in [5, 5.41) is 2.99. The van der Waals surface area contributed by atoms with Crippen molar-refractivity contribution in [3.05, 3.63) is 53.6 Å². The monoisotopic (exact) mass is 473 g/mol. The molecule has 5 nitrogen and oxygen atoms in total. The van der Waals surface area contributed by atoms with Gasteiger partial charge in [0, 0.05) is 43.1 Å². The van der Waals surface area contributed by atoms with E-state index in [0.717, 1.165) is 24.8 Å². The van der Waals surface area contributed by atoms with Crippen molar-refractivity contribution in [2.45, 2.75) is 50.4 Å². The number of alkyl halides is 3. The summed E-state index contributed by atoms with van der Waals surface area (Å²) < 4.78 is 45.5. The Balaban J connectivity index is 1.45. The number of nitrogens with one attached hydrogen (secondary N) is 1. The van der Waals surface area contributed by atoms with Crippen molar-refractivity contribution < 1.29 is 22.7 Å². The van der Waals surface area contributed by atoms with Gasteiger partial charge in [-0.15, -0.1) is 0 Å². The summed E-state index contributed by atoms with van der Waals surface area (Å²) >= 11 is 0. The molecule has 1 saturated carbocycles. The second-order valence-corrected chi connectivity index (χ2v) is 9.57. The van der Waals surface area contributed by atoms with Gasteiger partial charge in [0.25, 0.3) is 0 Å². The van der Waals surface area contributed by atoms with E-state index in [9.17, 15) is 18.0 Å². The number of ether oxygens (including phenoxy) is 1. The van der Waals surface area contributed by atoms with Gasteiger partial charge in [0.15, 0.2) is 0 Å². The van der Waals surface area contributed by atoms with Crippen molar-refractivity contribution in [2.75, 3.05) is 37.0 Å². The molecule has 2 heterocycles. The van der Waals surface area contributed by atoms with Gasteiger partial charge in [0.1, 0.15) is 5.75 Å². The number of rotatable bonds is 4. The summed E-state index contributed by atoms with van der Waals surface area (Å²) in [5.74, 6) is 0.0132. The van der Waals surface area contributed by atoms with E-state index in [1.165, 1.54) is 31.7 Å². The second kappa shape index (κ2) is 9.13. The minimum atomic E-state index is -4.41. The lowest BCUT2D eigenvalue weighted by Gasteiger charge is -2.50. The first kappa shape index (κ1) is 23.0. The molecule has 1 amide bonds. The Bertz CT molecular complexity index is 1050. The third-order valence-electron chi connectivity index (χ3n) is 7.59. The Hall–Kier alpha value is -2.74. The number of hydrogen-bond acceptors (Lipinski definition) is 4. The quantitative estimate of drug-likeness (QED) is 0.682. The number of nitrogens with zero attached hydrogens (tertiary/aromatic N) is 2. The van der Waals surface area contributed by atoms with E-state index in [-0.39, 0.29) is 18.4 Å². The summed E-state index contributed by atoms with van der Waals surface area (Å²) in [6, 6.07) is 11.6. The molecule has 3 aliphatic rings. The van der Waals surface area contributed by atoms with E-state index < -0.39 is 17.7 Å². The highest BCUT2D eigenvalue weighted by molar-refractivity contribution is 5.94. The lowest BCUT2D eigenvalue weighted by atomic mass is 9.82. The molecule has 0 bridgehead atoms. The van der Waals surface area contributed by atoms with Crippen LogP contribution in [-0.2, 0) is 17.4 Å². The van der Waals surface area contributed by atoms with Gasteiger partial charge in [-0.05, 0) is 55.2 Å². The van der Waals surface area contributed by atoms with Crippen LogP contribution in [0.15, 0.2) is 42.5 Å². The molecule has 1 saturated heterocycles. The number of hydrogen-bond donors (Lipinski definition) is 1. The fraction of sp³-hybridized carbons (Fsp3) is 0.500. The SMILES string of the molecule is COc1cccc(NC(=O)[C@H]2Cc3cc(C(F)(F)F)ccc3N3CCN(C4CCCC4)C[C@@H]23)c1. The first-order chi connectivity index (χ1) is 16.3. The molecule has 2 aliphatic heterocycles. The van der Waals surface area contributed by atoms with Crippen LogP contribution in [0.5, 0.6) is 5.75 Å². The van der Waals surface area contributed by atoms with E-state index in [0.29, 0.717) is 29.6 Å². The van der Waals surface area contributed by atoms with Crippen LogP contribution in [0.25, 0.3) is 0 Å². The fourth-order valence-corrected chi connectivity index (χ4v) is 5.86. The molecule has 34 heavy (non-hydrogen) atoms. The molecule has 0 aromatic heterocycles. The van der Waals surface area contributed by atoms with Gasteiger partial charge in [-0.25, -0.2) is 0 Å². The summed E-state index contributed by atoms with van der Waals surface area (Å²) in [5.41, 5.74) is 1.37. The van der Waals surface area contributed by atoms with E-state index >= 15 is 0 Å². The van der Waals surface area contributed by atoms with Crippen LogP contribution >= 0.6 is 0 Å². The number of amides is 1. The maximum Gasteiger partial charge on any atom is 0.416 e. The zero-order chi connectivity index (χ0) is 23.9. The molecule has 1 N–H and O–H groups in total. The normalized spacial score (nSPS) is 23.4. The number of fused-ring (bicyclic) bond motifs is 3. The van der Waals surface area contributed by atoms with Crippen molar-refractivity contribution >= 4 is 17.3 Å². The van der Waals surface area contributed by atoms with Crippen LogP contribution in [0, 0.1) is 5.92 Å². The topological polar surface area (TPSA) is 44.8 Å². The Morgan fingerprint density at radius 1 is 1.09 bits per heavy atom. The molecule has 0 unspecified atom stereocenters. The van der Waals surface area contributed by atoms with E-state index in [4.69, 9.17) is 4.74 Å². The molecule has 2 aromatic carbocycles. The van der Waals surface area contributed by atoms with Crippen molar-refractivity contribution in [2.24, 2.45) is 5.92 Å². The number of halogens is 3. The van der Waals surface area contributed by atoms with Gasteiger partial charge in [0.05, 0.1) is 24.6 Å². The number of carbonyl (C=O) groups is 1. The molecule has 2 aromatic rings. The maximum atomic E-state index is 13.5. The number of carbonyl (C=O) groups excluding carboxylic acids is 1. The number of methoxy groups -OCH3 is 1. The lowest BCUT2D eigenvalue weighted by Crippen LogP contribution is -2.61. The standard InChI is InChI=1S/C26H30F3N3O2/c1-34-21-8-4-5-19(15-21)30-25(33)22-14-17-13-18(26(27,28)29)9-10-23(17)32-12-11-31(16-24(22)32)20-6-2-3-7-20/h4-5,8-10,13,15,20,22,24H,2-3,6-7,11-12,14,16H2,1H3,(H,30,33)/t22-,24-/m0/s1. The highest BCUT2D eigenvalue weighted by Gasteiger charge is 2.44. The number of benzene rings is 2. The van der Waals surface area contributed by atoms with Gasteiger partial charge in [-0.2, -0.15) is 13.2 Å². The zero-order valence-electron chi connectivity index (χ0n) is 19.3. The van der Waals surface area contributed by atoms with Gasteiger partial charge >= 0.3 is 6.18 Å². The summed E-state index contributed by atoms with van der Waals surface area (Å²) in [4.78, 5) is 18.2. The van der Waals surface area contributed by atoms with E-state index in [2.05, 4.69) is 15.1 Å². The summed E-state index contributed by atoms with van der Waals surface area (Å²) in [7, 11) is 1.56. The van der Waals surface area contributed by atoms with Crippen LogP contribution in [0.2, 0.25) is 0 Å². The van der Waals surface area contributed by atoms with Crippen LogP contribution in [-0.4, -0.2) is 49.6 Å². The largest absolute Gasteiger partial charge is 0.497 e. The summed E-state index contributed by atoms with van der Waals surface area (Å²) in [6.07, 6.45) is 0.703. The van der Waals surface area contributed by atoms with Gasteiger partial charge in [0.2, 0.25) is 5.91 Å². The van der Waals surface area contributed by atoms with Crippen LogP contribution < -0.4 is 15.0 Å². The van der Waals surface area contributed by atoms with Crippen molar-refractivity contribution in [3.8, 4) is 5.75 Å². The average Bonchev–Trinajstić information content (AvgIpc) is 3.37. The smallest absolute Gasteiger partial charge is 0.416 e. The Morgan fingerprint density at radius 3 is 2.62 bits per heavy atom. The lowest BCUT2D eigenvalue weighted by molar-refractivity contribution is -0.137. The van der Waals surface area contributed by atoms with E-state index in [1.807, 2.05) is 0 Å². The minimum Gasteiger partial charge on any atom is -0.497 e. The number of piperazine rings is 1. The van der Waals surface area contributed by atoms with Crippen LogP contribution in [0.1, 0.15) is 36.8 Å². The molecule has 5 rings (SSSR count). The molecule has 0 radical (unpaired) electrons. The molecule has 2 fully saturated rings. The fourth-order valence-electron chi connectivity index (χ4n) is 5.86. The van der Waals surface area contributed by atoms with Crippen LogP contribution in [0.3, 0.4) is 0 Å². The molecule has 182 valence electrons. The van der Waals surface area contributed by atoms with Gasteiger partial charge in [-0.1, -0.05) is 18.9 Å². The average molecular weight is 474 g/mol. The molecular formula is C26H30F3N3O2. The van der Waals surface area contributed by atoms with Crippen molar-refractivity contribution in [1.29, 1.82) is 0 Å². The molecule has 2 atom stereocenters. The van der Waals surface area contributed by atoms with Crippen molar-refractivity contribution in [3.63, 3.8) is 0 Å². The minimum absolute atomic E-state index is 0.0794. The van der Waals surface area contributed by atoms with Gasteiger partial charge < -0.3 is 15.0 Å². The summed E-state index contributed by atoms with van der Waals surface area (Å²) in [6.45, 7) is 2.33. The molecule has 8 heteroatoms. The predicted octanol–water partition coefficient (Wildman–Crippen LogP) is 4.96. The Morgan fingerprint density at radius 2 is 1.88 bits per heavy atom. The maximum absolute atomic E-state index is 13.5. The highest BCUT2D eigenvalue weighted by Crippen LogP contribution is 2.41. The first-order valence-electron chi connectivity index (χ1n) is 12.0.